The van der Waals surface area contributed by atoms with E-state index in [9.17, 15) is 25.2 Å². The van der Waals surface area contributed by atoms with E-state index in [0.29, 0.717) is 11.4 Å². The van der Waals surface area contributed by atoms with Crippen LogP contribution in [0.1, 0.15) is 12.1 Å². The molecule has 0 amide bonds. The van der Waals surface area contributed by atoms with Gasteiger partial charge in [-0.1, -0.05) is 6.08 Å². The maximum atomic E-state index is 10.9. The zero-order valence-electron chi connectivity index (χ0n) is 14.0. The summed E-state index contributed by atoms with van der Waals surface area (Å²) in [6.07, 6.45) is -1.41. The number of aliphatic carboxylic acids is 1. The molecule has 2 aliphatic rings. The topological polar surface area (TPSA) is 172 Å². The van der Waals surface area contributed by atoms with Crippen LogP contribution in [0.4, 0.5) is 5.13 Å². The van der Waals surface area contributed by atoms with Crippen LogP contribution in [-0.2, 0) is 4.79 Å². The molecule has 0 bridgehead atoms. The number of thiazole rings is 1. The third-order valence-electron chi connectivity index (χ3n) is 4.27. The quantitative estimate of drug-likeness (QED) is 0.265. The molecular formula is C15H20N4O6S2. The molecular weight excluding hydrogens is 396 g/mol. The molecule has 1 aromatic heterocycles. The van der Waals surface area contributed by atoms with Crippen molar-refractivity contribution >= 4 is 39.8 Å². The molecule has 0 aromatic carbocycles. The molecule has 2 aliphatic heterocycles. The summed E-state index contributed by atoms with van der Waals surface area (Å²) in [7, 11) is 0. The fourth-order valence-electron chi connectivity index (χ4n) is 3.02. The molecule has 3 rings (SSSR count). The molecule has 10 nitrogen and oxygen atoms in total. The first-order valence-electron chi connectivity index (χ1n) is 8.01. The third kappa shape index (κ3) is 4.11. The number of nitrogens with zero attached hydrogens (tertiary/aromatic N) is 2. The Balaban J connectivity index is 1.75. The van der Waals surface area contributed by atoms with E-state index in [2.05, 4.69) is 10.3 Å². The molecule has 148 valence electrons. The number of nitrogens with two attached hydrogens (primary N) is 1. The predicted octanol–water partition coefficient (Wildman–Crippen LogP) is -1.24. The smallest absolute Gasteiger partial charge is 0.307 e. The number of carboxylic acid groups (broad SMARTS) is 1. The SMILES string of the molecule is Nc1nc(/C(=C\CC(=O)O)C(O)N[C@@H]2[C@@H](O)N3C(C(O)O)=CCS[C@@H]23)cs1. The van der Waals surface area contributed by atoms with Gasteiger partial charge in [-0.15, -0.1) is 23.1 Å². The van der Waals surface area contributed by atoms with E-state index in [-0.39, 0.29) is 28.2 Å². The number of aliphatic hydroxyl groups is 4. The zero-order valence-corrected chi connectivity index (χ0v) is 15.6. The number of thioether (sulfide) groups is 1. The van der Waals surface area contributed by atoms with Gasteiger partial charge in [0, 0.05) is 16.7 Å². The van der Waals surface area contributed by atoms with Gasteiger partial charge in [0.2, 0.25) is 0 Å². The number of carbonyl (C=O) groups is 1. The van der Waals surface area contributed by atoms with Crippen LogP contribution in [-0.4, -0.2) is 77.3 Å². The van der Waals surface area contributed by atoms with E-state index >= 15 is 0 Å². The molecule has 1 unspecified atom stereocenters. The Morgan fingerprint density at radius 3 is 2.81 bits per heavy atom. The molecule has 0 saturated carbocycles. The number of nitrogen functional groups attached to an aromatic ring is 1. The lowest BCUT2D eigenvalue weighted by molar-refractivity contribution is -0.137. The lowest BCUT2D eigenvalue weighted by Gasteiger charge is -2.56. The fourth-order valence-corrected chi connectivity index (χ4v) is 4.89. The summed E-state index contributed by atoms with van der Waals surface area (Å²) in [5.41, 5.74) is 6.44. The van der Waals surface area contributed by atoms with E-state index in [0.717, 1.165) is 11.3 Å². The summed E-state index contributed by atoms with van der Waals surface area (Å²) < 4.78 is 0. The molecule has 12 heteroatoms. The van der Waals surface area contributed by atoms with E-state index in [1.807, 2.05) is 0 Å². The van der Waals surface area contributed by atoms with Gasteiger partial charge < -0.3 is 36.2 Å². The number of aliphatic hydroxyl groups excluding tert-OH is 3. The van der Waals surface area contributed by atoms with Gasteiger partial charge in [-0.05, 0) is 6.08 Å². The van der Waals surface area contributed by atoms with Crippen LogP contribution in [0, 0.1) is 0 Å². The van der Waals surface area contributed by atoms with Crippen molar-refractivity contribution in [3.8, 4) is 0 Å². The van der Waals surface area contributed by atoms with Gasteiger partial charge >= 0.3 is 5.97 Å². The number of hydrogen-bond acceptors (Lipinski definition) is 11. The van der Waals surface area contributed by atoms with Crippen molar-refractivity contribution in [1.29, 1.82) is 0 Å². The van der Waals surface area contributed by atoms with Crippen molar-refractivity contribution in [2.75, 3.05) is 11.5 Å². The number of rotatable bonds is 7. The van der Waals surface area contributed by atoms with Gasteiger partial charge in [0.05, 0.1) is 29.2 Å². The van der Waals surface area contributed by atoms with Crippen molar-refractivity contribution in [2.45, 2.75) is 36.6 Å². The summed E-state index contributed by atoms with van der Waals surface area (Å²) in [4.78, 5) is 16.4. The van der Waals surface area contributed by atoms with Crippen molar-refractivity contribution in [2.24, 2.45) is 0 Å². The highest BCUT2D eigenvalue weighted by atomic mass is 32.2. The van der Waals surface area contributed by atoms with Crippen LogP contribution in [0.25, 0.3) is 5.57 Å². The minimum Gasteiger partial charge on any atom is -0.481 e. The van der Waals surface area contributed by atoms with Gasteiger partial charge in [0.1, 0.15) is 12.5 Å². The summed E-state index contributed by atoms with van der Waals surface area (Å²) in [5, 5.41) is 53.2. The fraction of sp³-hybridized carbons (Fsp3) is 0.467. The highest BCUT2D eigenvalue weighted by molar-refractivity contribution is 8.00. The van der Waals surface area contributed by atoms with Gasteiger partial charge in [-0.25, -0.2) is 4.98 Å². The Morgan fingerprint density at radius 2 is 2.22 bits per heavy atom. The Kier molecular flexibility index (Phi) is 6.05. The number of hydrogen-bond donors (Lipinski definition) is 7. The number of nitrogens with one attached hydrogen (secondary N) is 1. The molecule has 4 atom stereocenters. The Hall–Kier alpha value is -1.67. The highest BCUT2D eigenvalue weighted by Crippen LogP contribution is 2.41. The molecule has 1 fully saturated rings. The molecule has 3 heterocycles. The van der Waals surface area contributed by atoms with Crippen LogP contribution in [0.5, 0.6) is 0 Å². The molecule has 27 heavy (non-hydrogen) atoms. The first-order valence-corrected chi connectivity index (χ1v) is 9.94. The highest BCUT2D eigenvalue weighted by Gasteiger charge is 2.51. The number of aromatic nitrogens is 1. The minimum atomic E-state index is -1.70. The van der Waals surface area contributed by atoms with E-state index in [4.69, 9.17) is 10.8 Å². The Labute approximate surface area is 162 Å². The summed E-state index contributed by atoms with van der Waals surface area (Å²) >= 11 is 2.62. The summed E-state index contributed by atoms with van der Waals surface area (Å²) in [6, 6.07) is -0.573. The second-order valence-corrected chi connectivity index (χ2v) is 8.01. The molecule has 0 spiro atoms. The average Bonchev–Trinajstić information content (AvgIpc) is 3.04. The number of fused-ring (bicyclic) bond motifs is 1. The number of anilines is 1. The van der Waals surface area contributed by atoms with Crippen molar-refractivity contribution < 1.29 is 30.3 Å². The van der Waals surface area contributed by atoms with E-state index in [1.54, 1.807) is 11.5 Å². The molecule has 1 aromatic rings. The summed E-state index contributed by atoms with van der Waals surface area (Å²) in [6.45, 7) is 0. The monoisotopic (exact) mass is 416 g/mol. The number of carboxylic acids is 1. The van der Waals surface area contributed by atoms with Gasteiger partial charge in [0.25, 0.3) is 0 Å². The average molecular weight is 416 g/mol. The maximum Gasteiger partial charge on any atom is 0.307 e. The lowest BCUT2D eigenvalue weighted by atomic mass is 10.0. The maximum absolute atomic E-state index is 10.9. The minimum absolute atomic E-state index is 0.215. The van der Waals surface area contributed by atoms with Gasteiger partial charge in [0.15, 0.2) is 11.4 Å². The zero-order chi connectivity index (χ0) is 19.7. The van der Waals surface area contributed by atoms with Crippen molar-refractivity contribution in [1.82, 2.24) is 15.2 Å². The largest absolute Gasteiger partial charge is 0.481 e. The normalized spacial score (nSPS) is 26.4. The van der Waals surface area contributed by atoms with Crippen molar-refractivity contribution in [3.63, 3.8) is 0 Å². The first-order chi connectivity index (χ1) is 12.8. The van der Waals surface area contributed by atoms with Crippen LogP contribution in [0.2, 0.25) is 0 Å². The molecule has 0 aliphatic carbocycles. The van der Waals surface area contributed by atoms with E-state index in [1.165, 1.54) is 22.7 Å². The third-order valence-corrected chi connectivity index (χ3v) is 6.16. The van der Waals surface area contributed by atoms with Crippen LogP contribution >= 0.6 is 23.1 Å². The van der Waals surface area contributed by atoms with E-state index < -0.39 is 30.8 Å². The van der Waals surface area contributed by atoms with Crippen LogP contribution < -0.4 is 11.1 Å². The Morgan fingerprint density at radius 1 is 1.48 bits per heavy atom. The second-order valence-electron chi connectivity index (χ2n) is 5.97. The van der Waals surface area contributed by atoms with Gasteiger partial charge in [-0.3, -0.25) is 10.1 Å². The predicted molar refractivity (Wildman–Crippen MR) is 100 cm³/mol. The first kappa shape index (κ1) is 20.1. The standard InChI is InChI=1S/C15H20N4O6S2/c16-15-17-7(5-27-15)6(1-2-9(20)21)11(22)18-10-12(23)19-8(14(24)25)3-4-26-13(10)19/h1,3,5,10-14,18,22-25H,2,4H2,(H2,16,17)(H,20,21)/b6-1+/t10-,11?,12-,13+/m1/s1. The van der Waals surface area contributed by atoms with Crippen LogP contribution in [0.3, 0.4) is 0 Å². The lowest BCUT2D eigenvalue weighted by Crippen LogP contribution is -2.73. The van der Waals surface area contributed by atoms with Crippen LogP contribution in [0.15, 0.2) is 23.2 Å². The van der Waals surface area contributed by atoms with Crippen molar-refractivity contribution in [3.05, 3.63) is 28.9 Å². The Bertz CT molecular complexity index is 767. The second kappa shape index (κ2) is 8.14. The molecule has 0 radical (unpaired) electrons. The summed E-state index contributed by atoms with van der Waals surface area (Å²) in [5.74, 6) is -0.535. The van der Waals surface area contributed by atoms with Gasteiger partial charge in [-0.2, -0.15) is 0 Å². The molecule has 1 saturated heterocycles. The molecule has 8 N–H and O–H groups in total.